The summed E-state index contributed by atoms with van der Waals surface area (Å²) in [4.78, 5) is 4.06. The minimum atomic E-state index is 0.878. The third kappa shape index (κ3) is 1.61. The van der Waals surface area contributed by atoms with E-state index >= 15 is 0 Å². The zero-order valence-corrected chi connectivity index (χ0v) is 10.2. The second-order valence-electron chi connectivity index (χ2n) is 6.07. The predicted molar refractivity (Wildman–Crippen MR) is 67.5 cm³/mol. The number of nitrogens with one attached hydrogen (secondary N) is 1. The summed E-state index contributed by atoms with van der Waals surface area (Å²) in [5.74, 6) is 4.30. The van der Waals surface area contributed by atoms with Gasteiger partial charge in [-0.15, -0.1) is 0 Å². The Balaban J connectivity index is 1.28. The van der Waals surface area contributed by atoms with Crippen molar-refractivity contribution >= 4 is 0 Å². The fraction of sp³-hybridized carbons (Fsp3) is 0.667. The Morgan fingerprint density at radius 2 is 1.82 bits per heavy atom. The highest BCUT2D eigenvalue weighted by atomic mass is 15.0. The lowest BCUT2D eigenvalue weighted by Gasteiger charge is -2.10. The number of aromatic nitrogens is 1. The third-order valence-corrected chi connectivity index (χ3v) is 5.28. The molecule has 17 heavy (non-hydrogen) atoms. The highest BCUT2D eigenvalue weighted by molar-refractivity contribution is 5.17. The molecule has 0 aliphatic heterocycles. The van der Waals surface area contributed by atoms with E-state index in [2.05, 4.69) is 22.4 Å². The van der Waals surface area contributed by atoms with Gasteiger partial charge in [-0.1, -0.05) is 0 Å². The Labute approximate surface area is 103 Å². The number of hydrogen-bond donors (Lipinski definition) is 1. The first-order valence-corrected chi connectivity index (χ1v) is 7.06. The van der Waals surface area contributed by atoms with Crippen molar-refractivity contribution in [1.82, 2.24) is 10.3 Å². The van der Waals surface area contributed by atoms with Crippen molar-refractivity contribution < 1.29 is 0 Å². The van der Waals surface area contributed by atoms with Gasteiger partial charge in [0.25, 0.3) is 0 Å². The van der Waals surface area contributed by atoms with E-state index < -0.39 is 0 Å². The molecule has 1 aromatic heterocycles. The van der Waals surface area contributed by atoms with Crippen LogP contribution in [0.15, 0.2) is 24.5 Å². The number of hydrogen-bond acceptors (Lipinski definition) is 2. The monoisotopic (exact) mass is 228 g/mol. The number of rotatable bonds is 4. The van der Waals surface area contributed by atoms with Gasteiger partial charge in [0.15, 0.2) is 0 Å². The molecule has 2 bridgehead atoms. The molecule has 3 aliphatic rings. The van der Waals surface area contributed by atoms with Crippen LogP contribution in [0.3, 0.4) is 0 Å². The molecule has 2 nitrogen and oxygen atoms in total. The van der Waals surface area contributed by atoms with E-state index in [9.17, 15) is 0 Å². The number of pyridine rings is 1. The minimum absolute atomic E-state index is 0.878. The van der Waals surface area contributed by atoms with Crippen LogP contribution in [0.2, 0.25) is 0 Å². The van der Waals surface area contributed by atoms with Crippen LogP contribution in [-0.4, -0.2) is 17.6 Å². The molecule has 1 N–H and O–H groups in total. The average Bonchev–Trinajstić information content (AvgIpc) is 2.78. The van der Waals surface area contributed by atoms with Crippen molar-refractivity contribution in [1.29, 1.82) is 0 Å². The van der Waals surface area contributed by atoms with E-state index in [1.807, 2.05) is 12.4 Å². The van der Waals surface area contributed by atoms with Crippen LogP contribution < -0.4 is 5.32 Å². The SMILES string of the molecule is c1cc(CCNC2C3C4CCC(C4)C23)ccn1. The smallest absolute Gasteiger partial charge is 0.0270 e. The maximum Gasteiger partial charge on any atom is 0.0270 e. The standard InChI is InChI=1S/C15H20N2/c1-2-12-9-11(1)13-14(12)15(13)17-8-5-10-3-6-16-7-4-10/h3-4,6-7,11-15,17H,1-2,5,8-9H2. The molecule has 3 aliphatic carbocycles. The lowest BCUT2D eigenvalue weighted by molar-refractivity contribution is 0.456. The van der Waals surface area contributed by atoms with Crippen LogP contribution in [0.1, 0.15) is 24.8 Å². The molecule has 4 unspecified atom stereocenters. The average molecular weight is 228 g/mol. The van der Waals surface area contributed by atoms with Crippen LogP contribution in [0.4, 0.5) is 0 Å². The van der Waals surface area contributed by atoms with Crippen LogP contribution in [0.25, 0.3) is 0 Å². The van der Waals surface area contributed by atoms with E-state index in [-0.39, 0.29) is 0 Å². The molecule has 1 heterocycles. The van der Waals surface area contributed by atoms with Gasteiger partial charge in [0.1, 0.15) is 0 Å². The summed E-state index contributed by atoms with van der Waals surface area (Å²) < 4.78 is 0. The third-order valence-electron chi connectivity index (χ3n) is 5.28. The van der Waals surface area contributed by atoms with E-state index in [0.29, 0.717) is 0 Å². The predicted octanol–water partition coefficient (Wildman–Crippen LogP) is 2.26. The van der Waals surface area contributed by atoms with Crippen LogP contribution in [0, 0.1) is 23.7 Å². The van der Waals surface area contributed by atoms with Gasteiger partial charge >= 0.3 is 0 Å². The van der Waals surface area contributed by atoms with E-state index in [1.54, 1.807) is 6.42 Å². The topological polar surface area (TPSA) is 24.9 Å². The summed E-state index contributed by atoms with van der Waals surface area (Å²) >= 11 is 0. The largest absolute Gasteiger partial charge is 0.313 e. The molecule has 3 fully saturated rings. The van der Waals surface area contributed by atoms with Gasteiger partial charge in [-0.25, -0.2) is 0 Å². The van der Waals surface area contributed by atoms with Crippen molar-refractivity contribution in [3.8, 4) is 0 Å². The molecule has 0 radical (unpaired) electrons. The second-order valence-corrected chi connectivity index (χ2v) is 6.07. The fourth-order valence-corrected chi connectivity index (χ4v) is 4.53. The summed E-state index contributed by atoms with van der Waals surface area (Å²) in [6, 6.07) is 5.13. The maximum atomic E-state index is 4.06. The maximum absolute atomic E-state index is 4.06. The lowest BCUT2D eigenvalue weighted by atomic mass is 10.0. The first kappa shape index (κ1) is 10.1. The Bertz CT molecular complexity index is 387. The Hall–Kier alpha value is -0.890. The minimum Gasteiger partial charge on any atom is -0.313 e. The van der Waals surface area contributed by atoms with Crippen molar-refractivity contribution in [2.75, 3.05) is 6.54 Å². The molecular formula is C15H20N2. The van der Waals surface area contributed by atoms with E-state index in [0.717, 1.165) is 42.7 Å². The zero-order chi connectivity index (χ0) is 11.2. The van der Waals surface area contributed by atoms with Crippen LogP contribution in [-0.2, 0) is 6.42 Å². The van der Waals surface area contributed by atoms with Crippen molar-refractivity contribution in [2.45, 2.75) is 31.7 Å². The zero-order valence-electron chi connectivity index (χ0n) is 10.2. The summed E-state index contributed by atoms with van der Waals surface area (Å²) in [6.07, 6.45) is 9.53. The molecule has 0 amide bonds. The highest BCUT2D eigenvalue weighted by Gasteiger charge is 2.64. The summed E-state index contributed by atoms with van der Waals surface area (Å²) in [7, 11) is 0. The molecule has 90 valence electrons. The van der Waals surface area contributed by atoms with Crippen molar-refractivity contribution in [3.05, 3.63) is 30.1 Å². The summed E-state index contributed by atoms with van der Waals surface area (Å²) in [5.41, 5.74) is 1.40. The Morgan fingerprint density at radius 3 is 2.53 bits per heavy atom. The van der Waals surface area contributed by atoms with E-state index in [1.165, 1.54) is 18.4 Å². The lowest BCUT2D eigenvalue weighted by Crippen LogP contribution is -2.25. The molecule has 0 aromatic carbocycles. The van der Waals surface area contributed by atoms with Gasteiger partial charge in [0.05, 0.1) is 0 Å². The summed E-state index contributed by atoms with van der Waals surface area (Å²) in [6.45, 7) is 1.14. The van der Waals surface area contributed by atoms with Gasteiger partial charge in [-0.3, -0.25) is 4.98 Å². The fourth-order valence-electron chi connectivity index (χ4n) is 4.53. The highest BCUT2D eigenvalue weighted by Crippen LogP contribution is 2.65. The molecule has 2 heteroatoms. The summed E-state index contributed by atoms with van der Waals surface area (Å²) in [5, 5.41) is 3.79. The van der Waals surface area contributed by atoms with Gasteiger partial charge < -0.3 is 5.32 Å². The number of nitrogens with zero attached hydrogens (tertiary/aromatic N) is 1. The first-order valence-electron chi connectivity index (χ1n) is 7.06. The molecule has 4 rings (SSSR count). The molecule has 1 aromatic rings. The van der Waals surface area contributed by atoms with E-state index in [4.69, 9.17) is 0 Å². The van der Waals surface area contributed by atoms with Crippen molar-refractivity contribution in [3.63, 3.8) is 0 Å². The molecular weight excluding hydrogens is 208 g/mol. The van der Waals surface area contributed by atoms with Crippen LogP contribution in [0.5, 0.6) is 0 Å². The second kappa shape index (κ2) is 3.81. The molecule has 3 saturated carbocycles. The van der Waals surface area contributed by atoms with Gasteiger partial charge in [-0.2, -0.15) is 0 Å². The molecule has 0 spiro atoms. The van der Waals surface area contributed by atoms with Gasteiger partial charge in [0.2, 0.25) is 0 Å². The Kier molecular flexibility index (Phi) is 2.26. The van der Waals surface area contributed by atoms with Crippen molar-refractivity contribution in [2.24, 2.45) is 23.7 Å². The van der Waals surface area contributed by atoms with Gasteiger partial charge in [-0.05, 0) is 73.6 Å². The number of fused-ring (bicyclic) bond motifs is 5. The van der Waals surface area contributed by atoms with Gasteiger partial charge in [0, 0.05) is 18.4 Å². The quantitative estimate of drug-likeness (QED) is 0.855. The first-order chi connectivity index (χ1) is 8.43. The normalized spacial score (nSPS) is 41.5. The Morgan fingerprint density at radius 1 is 1.12 bits per heavy atom. The molecule has 0 saturated heterocycles. The molecule has 4 atom stereocenters. The van der Waals surface area contributed by atoms with Crippen LogP contribution >= 0.6 is 0 Å².